The van der Waals surface area contributed by atoms with Crippen LogP contribution in [0.3, 0.4) is 0 Å². The number of aromatic nitrogens is 1. The van der Waals surface area contributed by atoms with Crippen molar-refractivity contribution in [2.75, 3.05) is 0 Å². The van der Waals surface area contributed by atoms with Crippen LogP contribution in [0.2, 0.25) is 0 Å². The van der Waals surface area contributed by atoms with Crippen LogP contribution in [0.15, 0.2) is 22.6 Å². The van der Waals surface area contributed by atoms with Crippen LogP contribution < -0.4 is 0 Å². The van der Waals surface area contributed by atoms with Crippen LogP contribution in [-0.4, -0.2) is 51.0 Å². The van der Waals surface area contributed by atoms with Crippen LogP contribution in [0.5, 0.6) is 0 Å². The van der Waals surface area contributed by atoms with Gasteiger partial charge in [-0.05, 0) is 38.8 Å². The summed E-state index contributed by atoms with van der Waals surface area (Å²) in [5, 5.41) is 24.0. The summed E-state index contributed by atoms with van der Waals surface area (Å²) in [6.45, 7) is 10.4. The molecule has 8 heteroatoms. The second kappa shape index (κ2) is 12.5. The molecule has 2 heterocycles. The molecule has 0 radical (unpaired) electrons. The van der Waals surface area contributed by atoms with Gasteiger partial charge in [0.2, 0.25) is 0 Å². The lowest BCUT2D eigenvalue weighted by Gasteiger charge is -2.27. The monoisotopic (exact) mass is 491 g/mol. The van der Waals surface area contributed by atoms with E-state index < -0.39 is 42.0 Å². The van der Waals surface area contributed by atoms with Gasteiger partial charge in [0.1, 0.15) is 17.7 Å². The van der Waals surface area contributed by atoms with Crippen molar-refractivity contribution in [3.8, 4) is 0 Å². The summed E-state index contributed by atoms with van der Waals surface area (Å²) >= 11 is 1.53. The Morgan fingerprint density at radius 2 is 1.76 bits per heavy atom. The minimum atomic E-state index is -1.25. The first-order chi connectivity index (χ1) is 15.9. The number of aliphatic hydroxyl groups is 2. The Labute approximate surface area is 205 Å². The van der Waals surface area contributed by atoms with Gasteiger partial charge < -0.3 is 14.9 Å². The molecule has 1 aliphatic heterocycles. The first-order valence-corrected chi connectivity index (χ1v) is 12.7. The van der Waals surface area contributed by atoms with Crippen LogP contribution in [0, 0.1) is 24.7 Å². The maximum atomic E-state index is 12.8. The first kappa shape index (κ1) is 28.1. The molecule has 0 aliphatic carbocycles. The molecule has 0 bridgehead atoms. The number of hydrogen-bond donors (Lipinski definition) is 2. The van der Waals surface area contributed by atoms with Gasteiger partial charge in [0.25, 0.3) is 0 Å². The van der Waals surface area contributed by atoms with Gasteiger partial charge in [0, 0.05) is 36.0 Å². The van der Waals surface area contributed by atoms with E-state index in [0.29, 0.717) is 12.8 Å². The van der Waals surface area contributed by atoms with Crippen LogP contribution in [0.1, 0.15) is 71.0 Å². The molecule has 1 aliphatic rings. The molecule has 2 N–H and O–H groups in total. The molecule has 2 rings (SSSR count). The molecule has 7 nitrogen and oxygen atoms in total. The highest BCUT2D eigenvalue weighted by Gasteiger charge is 2.36. The largest absolute Gasteiger partial charge is 0.457 e. The fourth-order valence-electron chi connectivity index (χ4n) is 4.01. The van der Waals surface area contributed by atoms with E-state index in [9.17, 15) is 24.6 Å². The molecule has 0 saturated carbocycles. The van der Waals surface area contributed by atoms with Gasteiger partial charge in [-0.25, -0.2) is 4.98 Å². The van der Waals surface area contributed by atoms with E-state index in [1.165, 1.54) is 18.3 Å². The van der Waals surface area contributed by atoms with Crippen molar-refractivity contribution in [3.63, 3.8) is 0 Å². The van der Waals surface area contributed by atoms with Crippen molar-refractivity contribution >= 4 is 34.9 Å². The minimum Gasteiger partial charge on any atom is -0.457 e. The number of allylic oxidation sites excluding steroid dienone is 1. The Hall–Kier alpha value is -2.16. The van der Waals surface area contributed by atoms with E-state index in [1.807, 2.05) is 38.3 Å². The second-order valence-corrected chi connectivity index (χ2v) is 10.5. The zero-order valence-electron chi connectivity index (χ0n) is 20.9. The predicted molar refractivity (Wildman–Crippen MR) is 132 cm³/mol. The Balaban J connectivity index is 2.33. The fourth-order valence-corrected chi connectivity index (χ4v) is 4.58. The lowest BCUT2D eigenvalue weighted by atomic mass is 9.81. The summed E-state index contributed by atoms with van der Waals surface area (Å²) in [7, 11) is 0. The number of Topliss-reactive ketones (excluding diaryl/α,β-unsaturated/α-hetero) is 2. The average molecular weight is 492 g/mol. The maximum absolute atomic E-state index is 12.8. The van der Waals surface area contributed by atoms with Crippen molar-refractivity contribution in [2.45, 2.75) is 85.5 Å². The molecule has 0 fully saturated rings. The molecule has 1 aromatic heterocycles. The van der Waals surface area contributed by atoms with Crippen LogP contribution in [-0.2, 0) is 19.1 Å². The number of aliphatic hydroxyl groups excluding tert-OH is 2. The molecule has 0 saturated heterocycles. The van der Waals surface area contributed by atoms with E-state index >= 15 is 0 Å². The fraction of sp³-hybridized carbons (Fsp3) is 0.615. The zero-order chi connectivity index (χ0) is 25.6. The number of ketones is 2. The van der Waals surface area contributed by atoms with Crippen molar-refractivity contribution in [2.24, 2.45) is 17.8 Å². The lowest BCUT2D eigenvalue weighted by Crippen LogP contribution is -2.40. The van der Waals surface area contributed by atoms with Crippen molar-refractivity contribution in [1.82, 2.24) is 4.98 Å². The Morgan fingerprint density at radius 3 is 2.38 bits per heavy atom. The number of thiazole rings is 1. The molecular weight excluding hydrogens is 454 g/mol. The number of cyclic esters (lactones) is 1. The number of hydrogen-bond acceptors (Lipinski definition) is 8. The number of esters is 1. The summed E-state index contributed by atoms with van der Waals surface area (Å²) in [5.74, 6) is -3.53. The minimum absolute atomic E-state index is 0.113. The highest BCUT2D eigenvalue weighted by atomic mass is 32.1. The number of carbonyl (C=O) groups excluding carboxylic acids is 3. The third-order valence-corrected chi connectivity index (χ3v) is 7.41. The third-order valence-electron chi connectivity index (χ3n) is 6.62. The SMILES string of the molecule is C/C1=C/CC(/C(C)=C/c2csc(C)n2)OC(=O)C[C@H](O)C(C)C(=O)[C@H](C)[C@@H](O)[C@@H](C)C(=O)CC1. The third kappa shape index (κ3) is 7.68. The Bertz CT molecular complexity index is 949. The number of carbonyl (C=O) groups is 3. The van der Waals surface area contributed by atoms with Gasteiger partial charge in [-0.3, -0.25) is 14.4 Å². The second-order valence-electron chi connectivity index (χ2n) is 9.44. The number of rotatable bonds is 2. The van der Waals surface area contributed by atoms with Crippen molar-refractivity contribution < 1.29 is 29.3 Å². The summed E-state index contributed by atoms with van der Waals surface area (Å²) < 4.78 is 5.72. The van der Waals surface area contributed by atoms with Crippen molar-refractivity contribution in [1.29, 1.82) is 0 Å². The molecule has 188 valence electrons. The predicted octanol–water partition coefficient (Wildman–Crippen LogP) is 4.06. The van der Waals surface area contributed by atoms with Gasteiger partial charge in [-0.15, -0.1) is 11.3 Å². The molecule has 0 amide bonds. The summed E-state index contributed by atoms with van der Waals surface area (Å²) in [6, 6.07) is 0. The molecule has 34 heavy (non-hydrogen) atoms. The smallest absolute Gasteiger partial charge is 0.309 e. The van der Waals surface area contributed by atoms with Gasteiger partial charge in [-0.2, -0.15) is 0 Å². The molecule has 0 aromatic carbocycles. The van der Waals surface area contributed by atoms with Gasteiger partial charge in [0.15, 0.2) is 0 Å². The highest BCUT2D eigenvalue weighted by Crippen LogP contribution is 2.25. The van der Waals surface area contributed by atoms with Gasteiger partial charge in [-0.1, -0.05) is 32.4 Å². The van der Waals surface area contributed by atoms with Crippen LogP contribution >= 0.6 is 11.3 Å². The van der Waals surface area contributed by atoms with E-state index in [0.717, 1.165) is 21.8 Å². The average Bonchev–Trinajstić information content (AvgIpc) is 3.20. The first-order valence-electron chi connectivity index (χ1n) is 11.8. The van der Waals surface area contributed by atoms with Gasteiger partial charge >= 0.3 is 5.97 Å². The highest BCUT2D eigenvalue weighted by molar-refractivity contribution is 7.09. The summed E-state index contributed by atoms with van der Waals surface area (Å²) in [4.78, 5) is 42.6. The topological polar surface area (TPSA) is 114 Å². The quantitative estimate of drug-likeness (QED) is 0.474. The van der Waals surface area contributed by atoms with Gasteiger partial charge in [0.05, 0.1) is 29.3 Å². The Morgan fingerprint density at radius 1 is 1.09 bits per heavy atom. The number of ether oxygens (including phenoxy) is 1. The van der Waals surface area contributed by atoms with E-state index in [2.05, 4.69) is 4.98 Å². The van der Waals surface area contributed by atoms with E-state index in [4.69, 9.17) is 4.74 Å². The standard InChI is InChI=1S/C26H37NO6S/c1-14-7-9-21(28)16(3)25(31)18(5)26(32)17(4)22(29)12-24(30)33-23(10-8-14)15(2)11-20-13-34-19(6)27-20/h8,11,13,16-18,22-23,25,29,31H,7,9-10,12H2,1-6H3/b14-8-,15-11+/t16-,17?,18+,22-,23?,25-/m0/s1. The lowest BCUT2D eigenvalue weighted by molar-refractivity contribution is -0.151. The van der Waals surface area contributed by atoms with Crippen LogP contribution in [0.25, 0.3) is 6.08 Å². The normalized spacial score (nSPS) is 32.8. The molecule has 6 atom stereocenters. The van der Waals surface area contributed by atoms with Crippen LogP contribution in [0.4, 0.5) is 0 Å². The summed E-state index contributed by atoms with van der Waals surface area (Å²) in [5.41, 5.74) is 2.57. The van der Waals surface area contributed by atoms with E-state index in [-0.39, 0.29) is 24.4 Å². The molecule has 2 unspecified atom stereocenters. The summed E-state index contributed by atoms with van der Waals surface area (Å²) in [6.07, 6.45) is 1.70. The number of aryl methyl sites for hydroxylation is 1. The molecule has 0 spiro atoms. The molecule has 1 aromatic rings. The van der Waals surface area contributed by atoms with Crippen molar-refractivity contribution in [3.05, 3.63) is 33.3 Å². The Kier molecular flexibility index (Phi) is 10.3. The van der Waals surface area contributed by atoms with E-state index in [1.54, 1.807) is 13.8 Å². The molecular formula is C26H37NO6S. The maximum Gasteiger partial charge on any atom is 0.309 e. The zero-order valence-corrected chi connectivity index (χ0v) is 21.7. The number of nitrogens with zero attached hydrogens (tertiary/aromatic N) is 1.